The Morgan fingerprint density at radius 2 is 1.91 bits per heavy atom. The largest absolute Gasteiger partial charge is 0.489 e. The van der Waals surface area contributed by atoms with E-state index in [1.54, 1.807) is 23.9 Å². The van der Waals surface area contributed by atoms with Gasteiger partial charge in [-0.25, -0.2) is 9.07 Å². The number of nitrogens with one attached hydrogen (secondary N) is 2. The average Bonchev–Trinajstić information content (AvgIpc) is 3.15. The van der Waals surface area contributed by atoms with Gasteiger partial charge in [-0.05, 0) is 56.2 Å². The molecule has 1 heterocycles. The van der Waals surface area contributed by atoms with Crippen LogP contribution >= 0.6 is 24.0 Å². The number of para-hydroxylation sites is 1. The van der Waals surface area contributed by atoms with Gasteiger partial charge < -0.3 is 21.1 Å². The molecule has 3 rings (SSSR count). The second kappa shape index (κ2) is 13.4. The molecule has 3 aromatic rings. The van der Waals surface area contributed by atoms with Crippen molar-refractivity contribution in [3.63, 3.8) is 0 Å². The van der Waals surface area contributed by atoms with Gasteiger partial charge in [-0.1, -0.05) is 18.2 Å². The fourth-order valence-electron chi connectivity index (χ4n) is 3.25. The molecule has 0 saturated heterocycles. The first kappa shape index (κ1) is 26.9. The lowest BCUT2D eigenvalue weighted by Gasteiger charge is -2.17. The van der Waals surface area contributed by atoms with Crippen LogP contribution in [0.25, 0.3) is 5.69 Å². The molecule has 0 aliphatic carbocycles. The lowest BCUT2D eigenvalue weighted by Crippen LogP contribution is -2.42. The molecule has 0 radical (unpaired) electrons. The molecule has 0 amide bonds. The van der Waals surface area contributed by atoms with E-state index in [0.29, 0.717) is 48.3 Å². The number of ether oxygens (including phenoxy) is 1. The Kier molecular flexibility index (Phi) is 10.6. The van der Waals surface area contributed by atoms with Gasteiger partial charge >= 0.3 is 0 Å². The summed E-state index contributed by atoms with van der Waals surface area (Å²) >= 11 is 0. The highest BCUT2D eigenvalue weighted by Crippen LogP contribution is 2.21. The van der Waals surface area contributed by atoms with Crippen LogP contribution in [-0.4, -0.2) is 42.0 Å². The van der Waals surface area contributed by atoms with Gasteiger partial charge in [0.1, 0.15) is 35.1 Å². The number of nitrogen functional groups attached to an aromatic ring is 1. The van der Waals surface area contributed by atoms with Crippen LogP contribution in [0.5, 0.6) is 5.75 Å². The minimum Gasteiger partial charge on any atom is -0.489 e. The molecule has 0 fully saturated rings. The molecule has 34 heavy (non-hydrogen) atoms. The van der Waals surface area contributed by atoms with Crippen LogP contribution in [0.15, 0.2) is 59.6 Å². The Morgan fingerprint density at radius 1 is 1.21 bits per heavy atom. The smallest absolute Gasteiger partial charge is 0.191 e. The third-order valence-corrected chi connectivity index (χ3v) is 4.92. The number of guanidine groups is 1. The quantitative estimate of drug-likeness (QED) is 0.155. The molecule has 8 nitrogen and oxygen atoms in total. The summed E-state index contributed by atoms with van der Waals surface area (Å²) in [6, 6.07) is 17.6. The van der Waals surface area contributed by atoms with Crippen LogP contribution in [0.1, 0.15) is 24.6 Å². The van der Waals surface area contributed by atoms with E-state index in [9.17, 15) is 9.65 Å². The van der Waals surface area contributed by atoms with E-state index in [-0.39, 0.29) is 35.9 Å². The Balaban J connectivity index is 0.00000408. The summed E-state index contributed by atoms with van der Waals surface area (Å²) in [5, 5.41) is 20.5. The number of rotatable bonds is 9. The van der Waals surface area contributed by atoms with E-state index < -0.39 is 0 Å². The third-order valence-electron chi connectivity index (χ3n) is 4.92. The maximum atomic E-state index is 13.0. The van der Waals surface area contributed by atoms with Gasteiger partial charge in [-0.2, -0.15) is 10.4 Å². The summed E-state index contributed by atoms with van der Waals surface area (Å²) in [6.45, 7) is 3.07. The van der Waals surface area contributed by atoms with Gasteiger partial charge in [0.05, 0.1) is 17.9 Å². The Bertz CT molecular complexity index is 1110. The maximum Gasteiger partial charge on any atom is 0.191 e. The molecule has 180 valence electrons. The van der Waals surface area contributed by atoms with Crippen molar-refractivity contribution in [1.29, 1.82) is 5.26 Å². The van der Waals surface area contributed by atoms with Crippen molar-refractivity contribution in [2.75, 3.05) is 25.9 Å². The number of aryl methyl sites for hydroxylation is 1. The summed E-state index contributed by atoms with van der Waals surface area (Å²) in [4.78, 5) is 4.21. The van der Waals surface area contributed by atoms with Crippen molar-refractivity contribution in [1.82, 2.24) is 20.4 Å². The first-order valence-electron chi connectivity index (χ1n) is 10.7. The molecule has 0 aliphatic rings. The summed E-state index contributed by atoms with van der Waals surface area (Å²) in [5.74, 6) is 1.30. The fraction of sp³-hybridized carbons (Fsp3) is 0.292. The summed E-state index contributed by atoms with van der Waals surface area (Å²) in [5.41, 5.74) is 8.05. The van der Waals surface area contributed by atoms with Crippen LogP contribution in [0.3, 0.4) is 0 Å². The fourth-order valence-corrected chi connectivity index (χ4v) is 3.25. The van der Waals surface area contributed by atoms with E-state index in [1.165, 1.54) is 12.1 Å². The van der Waals surface area contributed by atoms with E-state index in [4.69, 9.17) is 10.5 Å². The van der Waals surface area contributed by atoms with E-state index in [1.807, 2.05) is 37.3 Å². The summed E-state index contributed by atoms with van der Waals surface area (Å²) in [6.07, 6.45) is 1.20. The average molecular weight is 577 g/mol. The number of anilines is 1. The molecule has 2 aromatic carbocycles. The van der Waals surface area contributed by atoms with Crippen molar-refractivity contribution in [2.45, 2.75) is 25.9 Å². The van der Waals surface area contributed by atoms with Crippen LogP contribution < -0.4 is 21.1 Å². The normalized spacial score (nSPS) is 11.8. The number of aromatic nitrogens is 2. The predicted molar refractivity (Wildman–Crippen MR) is 142 cm³/mol. The Morgan fingerprint density at radius 3 is 2.56 bits per heavy atom. The maximum absolute atomic E-state index is 13.0. The van der Waals surface area contributed by atoms with Crippen LogP contribution in [0, 0.1) is 17.1 Å². The second-order valence-corrected chi connectivity index (χ2v) is 7.43. The summed E-state index contributed by atoms with van der Waals surface area (Å²) in [7, 11) is 1.69. The Labute approximate surface area is 216 Å². The van der Waals surface area contributed by atoms with Crippen molar-refractivity contribution in [3.8, 4) is 17.5 Å². The molecule has 0 spiro atoms. The third kappa shape index (κ3) is 7.34. The number of nitriles is 1. The zero-order valence-electron chi connectivity index (χ0n) is 19.2. The highest BCUT2D eigenvalue weighted by Gasteiger charge is 2.16. The van der Waals surface area contributed by atoms with Gasteiger partial charge in [0.2, 0.25) is 0 Å². The number of hydrogen-bond donors (Lipinski definition) is 3. The molecule has 0 bridgehead atoms. The lowest BCUT2D eigenvalue weighted by atomic mass is 10.1. The molecule has 4 N–H and O–H groups in total. The number of nitrogens with zero attached hydrogens (tertiary/aromatic N) is 4. The van der Waals surface area contributed by atoms with Gasteiger partial charge in [0, 0.05) is 13.6 Å². The monoisotopic (exact) mass is 577 g/mol. The SMILES string of the molecule is CN=C(NCCCc1nn(-c2ccccc2)c(N)c1C#N)NCC(C)Oc1ccc(F)cc1.I. The van der Waals surface area contributed by atoms with Crippen molar-refractivity contribution < 1.29 is 9.13 Å². The van der Waals surface area contributed by atoms with Crippen LogP contribution in [0.4, 0.5) is 10.2 Å². The molecular formula is C24H29FIN7O. The van der Waals surface area contributed by atoms with Crippen LogP contribution in [-0.2, 0) is 6.42 Å². The summed E-state index contributed by atoms with van der Waals surface area (Å²) < 4.78 is 20.4. The minimum atomic E-state index is -0.297. The standard InChI is InChI=1S/C24H28FN7O.HI/c1-17(33-20-12-10-18(25)11-13-20)16-30-24(28-2)29-14-6-9-22-21(15-26)23(27)32(31-22)19-7-4-3-5-8-19;/h3-5,7-8,10-13,17H,6,9,14,16,27H2,1-2H3,(H2,28,29,30);1H. The molecule has 1 unspecified atom stereocenters. The lowest BCUT2D eigenvalue weighted by molar-refractivity contribution is 0.223. The minimum absolute atomic E-state index is 0. The number of hydrogen-bond acceptors (Lipinski definition) is 5. The van der Waals surface area contributed by atoms with Gasteiger partial charge in [0.25, 0.3) is 0 Å². The number of nitrogens with two attached hydrogens (primary N) is 1. The highest BCUT2D eigenvalue weighted by atomic mass is 127. The van der Waals surface area contributed by atoms with Gasteiger partial charge in [0.15, 0.2) is 5.96 Å². The molecule has 0 saturated carbocycles. The number of aliphatic imine (C=N–C) groups is 1. The van der Waals surface area contributed by atoms with Crippen molar-refractivity contribution in [3.05, 3.63) is 71.7 Å². The zero-order chi connectivity index (χ0) is 23.6. The molecule has 1 aromatic heterocycles. The predicted octanol–water partition coefficient (Wildman–Crippen LogP) is 3.65. The van der Waals surface area contributed by atoms with Gasteiger partial charge in [-0.3, -0.25) is 4.99 Å². The van der Waals surface area contributed by atoms with Crippen molar-refractivity contribution in [2.24, 2.45) is 4.99 Å². The van der Waals surface area contributed by atoms with E-state index in [2.05, 4.69) is 26.8 Å². The first-order valence-corrected chi connectivity index (χ1v) is 10.7. The second-order valence-electron chi connectivity index (χ2n) is 7.43. The van der Waals surface area contributed by atoms with Crippen LogP contribution in [0.2, 0.25) is 0 Å². The molecule has 0 aliphatic heterocycles. The van der Waals surface area contributed by atoms with Gasteiger partial charge in [-0.15, -0.1) is 24.0 Å². The first-order chi connectivity index (χ1) is 16.0. The van der Waals surface area contributed by atoms with E-state index in [0.717, 1.165) is 12.1 Å². The number of benzene rings is 2. The molecule has 10 heteroatoms. The van der Waals surface area contributed by atoms with Crippen molar-refractivity contribution >= 4 is 35.8 Å². The molecule has 1 atom stereocenters. The Hall–Kier alpha value is -3.33. The number of halogens is 2. The highest BCUT2D eigenvalue weighted by molar-refractivity contribution is 14.0. The van der Waals surface area contributed by atoms with E-state index >= 15 is 0 Å². The molecular weight excluding hydrogens is 548 g/mol. The topological polar surface area (TPSA) is 113 Å². The zero-order valence-corrected chi connectivity index (χ0v) is 21.5.